The SMILES string of the molecule is CCC(=O)CC(CCCCCC(=O)COCCOC)C(=O)NC(C)C(=O)Nc1ccc(CN(C(=O)[C@@H](CC(=O)C(C)(C)N(C)C)C(C)CC)[C@H](C[C@@H](OC(C)=O)c2nc(C(=O)N[C@@H](Cc3ccc(C)cc3)CC(C)OC=O)cs2)C(C)C)cc1. The van der Waals surface area contributed by atoms with Gasteiger partial charge >= 0.3 is 5.97 Å². The van der Waals surface area contributed by atoms with Gasteiger partial charge in [0.05, 0.1) is 18.8 Å². The Morgan fingerprint density at radius 1 is 0.810 bits per heavy atom. The molecule has 0 aliphatic heterocycles. The van der Waals surface area contributed by atoms with E-state index < -0.39 is 71.4 Å². The summed E-state index contributed by atoms with van der Waals surface area (Å²) in [5.74, 6) is -4.19. The van der Waals surface area contributed by atoms with Crippen LogP contribution in [0.25, 0.3) is 0 Å². The number of unbranched alkanes of at least 4 members (excludes halogenated alkanes) is 2. The average Bonchev–Trinajstić information content (AvgIpc) is 3.19. The number of thiazole rings is 1. The van der Waals surface area contributed by atoms with E-state index in [1.54, 1.807) is 62.4 Å². The fourth-order valence-corrected chi connectivity index (χ4v) is 10.4. The van der Waals surface area contributed by atoms with Crippen LogP contribution in [0.1, 0.15) is 178 Å². The number of methoxy groups -OCH3 is 1. The molecule has 20 heteroatoms. The van der Waals surface area contributed by atoms with Crippen LogP contribution in [-0.4, -0.2) is 139 Å². The second-order valence-corrected chi connectivity index (χ2v) is 24.2. The molecular formula is C64H96N6O13S. The summed E-state index contributed by atoms with van der Waals surface area (Å²) in [7, 11) is 5.22. The minimum atomic E-state index is -0.987. The molecule has 0 saturated carbocycles. The maximum atomic E-state index is 15.5. The lowest BCUT2D eigenvalue weighted by Gasteiger charge is -2.40. The van der Waals surface area contributed by atoms with Crippen LogP contribution in [0.2, 0.25) is 0 Å². The molecule has 0 bridgehead atoms. The molecule has 3 rings (SSSR count). The third-order valence-electron chi connectivity index (χ3n) is 15.7. The normalized spacial score (nSPS) is 14.5. The number of hydrogen-bond donors (Lipinski definition) is 3. The molecule has 0 fully saturated rings. The standard InChI is InChI=1S/C64H96N6O13S/c1-15-43(6)54(35-58(75)64(10,11)69(12)13)63(79)70(37-48-26-28-50(29-27-48)66-59(76)45(8)65-60(77)49(34-52(73)16-2)20-18-17-19-21-53(74)38-81-31-30-80-14)56(41(3)4)36-57(83-46(9)72)62-68-55(39-84-62)61(78)67-51(32-44(7)82-40-71)33-47-24-22-42(5)23-25-47/h22-29,39-41,43-45,49,51,54,56-57H,15-21,30-38H2,1-14H3,(H,65,77)(H,66,76)(H,67,78)/t43?,44?,45?,49?,51-,54+,56-,57-/m1/s1. The first-order valence-electron chi connectivity index (χ1n) is 29.6. The lowest BCUT2D eigenvalue weighted by atomic mass is 9.81. The molecule has 1 aromatic heterocycles. The zero-order chi connectivity index (χ0) is 62.7. The minimum Gasteiger partial charge on any atom is -0.465 e. The fourth-order valence-electron chi connectivity index (χ4n) is 9.59. The molecule has 4 amide bonds. The molecule has 0 spiro atoms. The number of amides is 4. The third-order valence-corrected chi connectivity index (χ3v) is 16.6. The van der Waals surface area contributed by atoms with Gasteiger partial charge in [-0.2, -0.15) is 0 Å². The number of rotatable bonds is 41. The molecule has 84 heavy (non-hydrogen) atoms. The van der Waals surface area contributed by atoms with E-state index in [1.807, 2.05) is 91.7 Å². The number of nitrogens with zero attached hydrogens (tertiary/aromatic N) is 3. The number of ether oxygens (including phenoxy) is 4. The highest BCUT2D eigenvalue weighted by atomic mass is 32.1. The highest BCUT2D eigenvalue weighted by Gasteiger charge is 2.40. The van der Waals surface area contributed by atoms with Crippen molar-refractivity contribution < 1.29 is 62.1 Å². The first kappa shape index (κ1) is 72.0. The molecule has 19 nitrogen and oxygen atoms in total. The van der Waals surface area contributed by atoms with E-state index in [1.165, 1.54) is 6.92 Å². The number of anilines is 1. The number of ketones is 3. The average molecular weight is 1190 g/mol. The molecule has 2 aromatic carbocycles. The number of carbonyl (C=O) groups excluding carboxylic acids is 9. The van der Waals surface area contributed by atoms with E-state index in [0.29, 0.717) is 87.3 Å². The van der Waals surface area contributed by atoms with Gasteiger partial charge in [0.15, 0.2) is 17.7 Å². The summed E-state index contributed by atoms with van der Waals surface area (Å²) >= 11 is 1.15. The van der Waals surface area contributed by atoms with Gasteiger partial charge in [-0.3, -0.25) is 48.1 Å². The lowest BCUT2D eigenvalue weighted by Crippen LogP contribution is -2.50. The predicted molar refractivity (Wildman–Crippen MR) is 325 cm³/mol. The van der Waals surface area contributed by atoms with Crippen LogP contribution in [0, 0.1) is 30.6 Å². The quantitative estimate of drug-likeness (QED) is 0.0272. The number of esters is 1. The van der Waals surface area contributed by atoms with Crippen LogP contribution in [-0.2, 0) is 70.3 Å². The minimum absolute atomic E-state index is 0.0153. The number of likely N-dealkylation sites (N-methyl/N-ethyl adjacent to an activating group) is 1. The summed E-state index contributed by atoms with van der Waals surface area (Å²) in [6.45, 7) is 21.1. The third kappa shape index (κ3) is 24.4. The van der Waals surface area contributed by atoms with Crippen molar-refractivity contribution in [3.63, 3.8) is 0 Å². The van der Waals surface area contributed by atoms with E-state index in [-0.39, 0.29) is 79.6 Å². The lowest BCUT2D eigenvalue weighted by molar-refractivity contribution is -0.151. The summed E-state index contributed by atoms with van der Waals surface area (Å²) in [5, 5.41) is 10.7. The highest BCUT2D eigenvalue weighted by Crippen LogP contribution is 2.35. The number of aryl methyl sites for hydroxylation is 1. The van der Waals surface area contributed by atoms with Crippen molar-refractivity contribution in [2.75, 3.05) is 46.3 Å². The van der Waals surface area contributed by atoms with Crippen LogP contribution in [0.3, 0.4) is 0 Å². The summed E-state index contributed by atoms with van der Waals surface area (Å²) < 4.78 is 21.5. The zero-order valence-corrected chi connectivity index (χ0v) is 53.2. The van der Waals surface area contributed by atoms with Crippen molar-refractivity contribution in [2.45, 2.75) is 196 Å². The number of aromatic nitrogens is 1. The molecule has 0 radical (unpaired) electrons. The van der Waals surface area contributed by atoms with E-state index in [4.69, 9.17) is 23.9 Å². The van der Waals surface area contributed by atoms with Crippen molar-refractivity contribution >= 4 is 70.4 Å². The number of hydrogen-bond acceptors (Lipinski definition) is 16. The van der Waals surface area contributed by atoms with Gasteiger partial charge in [-0.25, -0.2) is 4.98 Å². The Balaban J connectivity index is 1.94. The predicted octanol–water partition coefficient (Wildman–Crippen LogP) is 9.36. The van der Waals surface area contributed by atoms with E-state index in [9.17, 15) is 38.4 Å². The Hall–Kier alpha value is -6.22. The second-order valence-electron chi connectivity index (χ2n) is 23.3. The van der Waals surface area contributed by atoms with Gasteiger partial charge in [0.2, 0.25) is 17.7 Å². The van der Waals surface area contributed by atoms with E-state index in [2.05, 4.69) is 16.0 Å². The van der Waals surface area contributed by atoms with Crippen LogP contribution in [0.5, 0.6) is 0 Å². The molecule has 0 aliphatic rings. The van der Waals surface area contributed by atoms with Crippen molar-refractivity contribution in [3.05, 3.63) is 81.3 Å². The van der Waals surface area contributed by atoms with Crippen molar-refractivity contribution in [1.29, 1.82) is 0 Å². The molecule has 466 valence electrons. The number of nitrogens with one attached hydrogen (secondary N) is 3. The summed E-state index contributed by atoms with van der Waals surface area (Å²) in [5.41, 5.74) is 2.43. The number of carbonyl (C=O) groups is 9. The van der Waals surface area contributed by atoms with Crippen molar-refractivity contribution in [1.82, 2.24) is 25.4 Å². The van der Waals surface area contributed by atoms with Crippen LogP contribution >= 0.6 is 11.3 Å². The molecule has 8 atom stereocenters. The first-order chi connectivity index (χ1) is 39.7. The van der Waals surface area contributed by atoms with Crippen molar-refractivity contribution in [3.8, 4) is 0 Å². The van der Waals surface area contributed by atoms with Gasteiger partial charge in [0.25, 0.3) is 12.4 Å². The Bertz CT molecular complexity index is 2590. The van der Waals surface area contributed by atoms with Gasteiger partial charge in [-0.1, -0.05) is 95.8 Å². The number of Topliss-reactive ketones (excluding diaryl/α,β-unsaturated/α-hetero) is 3. The Kier molecular flexibility index (Phi) is 31.4. The van der Waals surface area contributed by atoms with E-state index in [0.717, 1.165) is 22.5 Å². The van der Waals surface area contributed by atoms with Gasteiger partial charge in [-0.15, -0.1) is 11.3 Å². The first-order valence-corrected chi connectivity index (χ1v) is 30.5. The van der Waals surface area contributed by atoms with E-state index >= 15 is 4.79 Å². The Morgan fingerprint density at radius 2 is 1.48 bits per heavy atom. The Labute approximate surface area is 502 Å². The van der Waals surface area contributed by atoms with Crippen LogP contribution in [0.15, 0.2) is 53.9 Å². The summed E-state index contributed by atoms with van der Waals surface area (Å²) in [4.78, 5) is 128. The molecule has 3 aromatic rings. The summed E-state index contributed by atoms with van der Waals surface area (Å²) in [6.07, 6.45) is 3.01. The van der Waals surface area contributed by atoms with Gasteiger partial charge < -0.3 is 39.8 Å². The Morgan fingerprint density at radius 3 is 2.07 bits per heavy atom. The maximum absolute atomic E-state index is 15.5. The number of benzene rings is 2. The van der Waals surface area contributed by atoms with Gasteiger partial charge in [-0.05, 0) is 103 Å². The van der Waals surface area contributed by atoms with Crippen LogP contribution in [0.4, 0.5) is 5.69 Å². The monoisotopic (exact) mass is 1190 g/mol. The molecule has 0 aliphatic carbocycles. The molecular weight excluding hydrogens is 1090 g/mol. The molecule has 3 N–H and O–H groups in total. The molecule has 0 saturated heterocycles. The smallest absolute Gasteiger partial charge is 0.303 e. The van der Waals surface area contributed by atoms with Gasteiger partial charge in [0, 0.05) is 94.1 Å². The maximum Gasteiger partial charge on any atom is 0.303 e. The van der Waals surface area contributed by atoms with Crippen LogP contribution < -0.4 is 16.0 Å². The fraction of sp³-hybridized carbons (Fsp3) is 0.625. The second kappa shape index (κ2) is 36.6. The highest BCUT2D eigenvalue weighted by molar-refractivity contribution is 7.09. The summed E-state index contributed by atoms with van der Waals surface area (Å²) in [6, 6.07) is 12.9. The largest absolute Gasteiger partial charge is 0.465 e. The van der Waals surface area contributed by atoms with Crippen molar-refractivity contribution in [2.24, 2.45) is 23.7 Å². The molecule has 1 heterocycles. The molecule has 4 unspecified atom stereocenters. The zero-order valence-electron chi connectivity index (χ0n) is 52.3. The topological polar surface area (TPSA) is 246 Å². The van der Waals surface area contributed by atoms with Gasteiger partial charge in [0.1, 0.15) is 35.2 Å².